The number of aromatic nitrogens is 2. The minimum absolute atomic E-state index is 0.187. The van der Waals surface area contributed by atoms with Crippen LogP contribution in [0.15, 0.2) is 60.9 Å². The maximum Gasteiger partial charge on any atom is 0.323 e. The fourth-order valence-electron chi connectivity index (χ4n) is 6.95. The fraction of sp³-hybridized carbons (Fsp3) is 0.300. The van der Waals surface area contributed by atoms with Gasteiger partial charge in [-0.3, -0.25) is 30.2 Å². The zero-order valence-corrected chi connectivity index (χ0v) is 29.1. The summed E-state index contributed by atoms with van der Waals surface area (Å²) in [5, 5.41) is 42.8. The van der Waals surface area contributed by atoms with Gasteiger partial charge in [0.1, 0.15) is 23.6 Å². The Morgan fingerprint density at radius 2 is 1.10 bits per heavy atom. The molecule has 0 bridgehead atoms. The molecule has 2 aromatic carbocycles. The van der Waals surface area contributed by atoms with E-state index in [0.717, 1.165) is 37.1 Å². The number of carboxylic acids is 2. The van der Waals surface area contributed by atoms with Gasteiger partial charge in [-0.2, -0.15) is 0 Å². The molecule has 0 amide bonds. The summed E-state index contributed by atoms with van der Waals surface area (Å²) < 4.78 is 11.2. The standard InChI is InChI=1S/C40H42N4O8/c1-51-37-15-27(41-17-25(37)19-43-35(21-45)39(47)48)13-23-9-11-33-29(23)5-3-7-31(33)32-8-4-6-30-24(10-12-34(30)32)14-28-16-38(52-2)26(18-42-28)20-44-36(22-46)40(49)50/h3-8,13-18,35-36,43-46H,9-12,19-22H2,1-2H3,(H,47,48)(H,49,50)/b23-13+,24-14+/t35-,36?/m0/s1. The summed E-state index contributed by atoms with van der Waals surface area (Å²) in [5.74, 6) is -1.09. The number of aliphatic hydroxyl groups is 2. The van der Waals surface area contributed by atoms with E-state index < -0.39 is 37.2 Å². The first-order valence-corrected chi connectivity index (χ1v) is 17.1. The molecule has 270 valence electrons. The van der Waals surface area contributed by atoms with Crippen molar-refractivity contribution in [3.63, 3.8) is 0 Å². The Kier molecular flexibility index (Phi) is 11.4. The number of aliphatic hydroxyl groups excluding tert-OH is 2. The van der Waals surface area contributed by atoms with Gasteiger partial charge in [-0.05, 0) is 82.4 Å². The van der Waals surface area contributed by atoms with Crippen molar-refractivity contribution in [1.29, 1.82) is 0 Å². The maximum absolute atomic E-state index is 11.3. The molecule has 2 aromatic heterocycles. The van der Waals surface area contributed by atoms with Crippen LogP contribution in [0, 0.1) is 0 Å². The summed E-state index contributed by atoms with van der Waals surface area (Å²) in [5.41, 5.74) is 12.7. The number of carboxylic acid groups (broad SMARTS) is 2. The summed E-state index contributed by atoms with van der Waals surface area (Å²) in [6, 6.07) is 14.5. The molecular formula is C40H42N4O8. The van der Waals surface area contributed by atoms with Crippen molar-refractivity contribution in [1.82, 2.24) is 20.6 Å². The molecule has 2 aliphatic rings. The number of allylic oxidation sites excluding steroid dienone is 2. The van der Waals surface area contributed by atoms with E-state index in [1.54, 1.807) is 26.6 Å². The molecule has 0 fully saturated rings. The second-order valence-electron chi connectivity index (χ2n) is 12.8. The Labute approximate surface area is 301 Å². The zero-order valence-electron chi connectivity index (χ0n) is 29.1. The molecule has 2 heterocycles. The largest absolute Gasteiger partial charge is 0.496 e. The van der Waals surface area contributed by atoms with E-state index in [9.17, 15) is 30.0 Å². The third kappa shape index (κ3) is 7.75. The number of methoxy groups -OCH3 is 2. The highest BCUT2D eigenvalue weighted by atomic mass is 16.5. The Morgan fingerprint density at radius 1 is 0.692 bits per heavy atom. The van der Waals surface area contributed by atoms with Crippen molar-refractivity contribution in [2.75, 3.05) is 27.4 Å². The van der Waals surface area contributed by atoms with Crippen LogP contribution in [0.2, 0.25) is 0 Å². The number of carbonyl (C=O) groups is 2. The van der Waals surface area contributed by atoms with Crippen LogP contribution in [0.1, 0.15) is 57.6 Å². The molecule has 4 aromatic rings. The Balaban J connectivity index is 1.24. The third-order valence-electron chi connectivity index (χ3n) is 9.68. The molecule has 2 aliphatic carbocycles. The van der Waals surface area contributed by atoms with Gasteiger partial charge in [0.05, 0.1) is 38.8 Å². The van der Waals surface area contributed by atoms with Gasteiger partial charge in [-0.25, -0.2) is 0 Å². The summed E-state index contributed by atoms with van der Waals surface area (Å²) in [4.78, 5) is 31.8. The van der Waals surface area contributed by atoms with Crippen LogP contribution in [0.3, 0.4) is 0 Å². The van der Waals surface area contributed by atoms with Crippen LogP contribution in [0.4, 0.5) is 0 Å². The highest BCUT2D eigenvalue weighted by Crippen LogP contribution is 2.44. The van der Waals surface area contributed by atoms with Crippen LogP contribution < -0.4 is 20.1 Å². The van der Waals surface area contributed by atoms with Gasteiger partial charge in [0.25, 0.3) is 0 Å². The number of hydrogen-bond donors (Lipinski definition) is 6. The lowest BCUT2D eigenvalue weighted by atomic mass is 9.91. The second-order valence-corrected chi connectivity index (χ2v) is 12.8. The molecule has 0 aliphatic heterocycles. The SMILES string of the molecule is COc1cc(/C=C2\CCc3c2cccc3-c2cccc3c2CC/C3=C\c2cc(OC)c(CN[C@@H](CO)C(=O)O)cn2)ncc1CNC(CO)C(=O)O. The molecule has 0 saturated carbocycles. The van der Waals surface area contributed by atoms with Gasteiger partial charge in [-0.1, -0.05) is 36.4 Å². The number of nitrogens with zero attached hydrogens (tertiary/aromatic N) is 2. The number of benzene rings is 2. The number of ether oxygens (including phenoxy) is 2. The molecule has 6 rings (SSSR count). The first kappa shape index (κ1) is 36.4. The summed E-state index contributed by atoms with van der Waals surface area (Å²) in [6.07, 6.45) is 11.0. The van der Waals surface area contributed by atoms with Gasteiger partial charge in [0.2, 0.25) is 0 Å². The van der Waals surface area contributed by atoms with Crippen molar-refractivity contribution >= 4 is 35.2 Å². The monoisotopic (exact) mass is 706 g/mol. The predicted molar refractivity (Wildman–Crippen MR) is 197 cm³/mol. The Morgan fingerprint density at radius 3 is 1.46 bits per heavy atom. The van der Waals surface area contributed by atoms with E-state index in [2.05, 4.69) is 69.2 Å². The molecule has 0 saturated heterocycles. The zero-order chi connectivity index (χ0) is 36.8. The van der Waals surface area contributed by atoms with E-state index in [1.807, 2.05) is 12.1 Å². The number of rotatable bonds is 15. The smallest absolute Gasteiger partial charge is 0.323 e. The molecule has 2 atom stereocenters. The maximum atomic E-state index is 11.3. The van der Waals surface area contributed by atoms with E-state index in [-0.39, 0.29) is 13.1 Å². The molecule has 0 radical (unpaired) electrons. The fourth-order valence-corrected chi connectivity index (χ4v) is 6.95. The summed E-state index contributed by atoms with van der Waals surface area (Å²) >= 11 is 0. The third-order valence-corrected chi connectivity index (χ3v) is 9.68. The van der Waals surface area contributed by atoms with Crippen molar-refractivity contribution in [2.45, 2.75) is 50.9 Å². The second kappa shape index (κ2) is 16.3. The van der Waals surface area contributed by atoms with Crippen LogP contribution in [-0.4, -0.2) is 81.8 Å². The first-order valence-electron chi connectivity index (χ1n) is 17.1. The highest BCUT2D eigenvalue weighted by molar-refractivity contribution is 5.92. The summed E-state index contributed by atoms with van der Waals surface area (Å²) in [7, 11) is 3.13. The number of aliphatic carboxylic acids is 2. The van der Waals surface area contributed by atoms with E-state index in [4.69, 9.17) is 9.47 Å². The molecule has 1 unspecified atom stereocenters. The predicted octanol–water partition coefficient (Wildman–Crippen LogP) is 4.20. The van der Waals surface area contributed by atoms with Gasteiger partial charge < -0.3 is 29.9 Å². The molecule has 0 spiro atoms. The number of hydrogen-bond acceptors (Lipinski definition) is 10. The minimum atomic E-state index is -1.13. The van der Waals surface area contributed by atoms with E-state index in [1.165, 1.54) is 44.5 Å². The van der Waals surface area contributed by atoms with Crippen LogP contribution in [-0.2, 0) is 35.5 Å². The van der Waals surface area contributed by atoms with Crippen LogP contribution in [0.5, 0.6) is 11.5 Å². The quantitative estimate of drug-likeness (QED) is 0.104. The Hall–Kier alpha value is -5.40. The van der Waals surface area contributed by atoms with Gasteiger partial charge >= 0.3 is 11.9 Å². The lowest BCUT2D eigenvalue weighted by molar-refractivity contribution is -0.141. The van der Waals surface area contributed by atoms with Crippen molar-refractivity contribution in [2.24, 2.45) is 0 Å². The van der Waals surface area contributed by atoms with Gasteiger partial charge in [0.15, 0.2) is 0 Å². The lowest BCUT2D eigenvalue weighted by Crippen LogP contribution is -2.39. The normalized spacial score (nSPS) is 16.1. The van der Waals surface area contributed by atoms with E-state index >= 15 is 0 Å². The van der Waals surface area contributed by atoms with Gasteiger partial charge in [0, 0.05) is 48.7 Å². The van der Waals surface area contributed by atoms with Crippen molar-refractivity contribution in [3.8, 4) is 22.6 Å². The number of fused-ring (bicyclic) bond motifs is 2. The van der Waals surface area contributed by atoms with Crippen LogP contribution in [0.25, 0.3) is 34.4 Å². The molecule has 6 N–H and O–H groups in total. The number of nitrogens with one attached hydrogen (secondary N) is 2. The lowest BCUT2D eigenvalue weighted by Gasteiger charge is -2.14. The topological polar surface area (TPSA) is 183 Å². The number of pyridine rings is 2. The van der Waals surface area contributed by atoms with Crippen molar-refractivity contribution in [3.05, 3.63) is 106 Å². The summed E-state index contributed by atoms with van der Waals surface area (Å²) in [6.45, 7) is -0.666. The first-order chi connectivity index (χ1) is 25.2. The molecular weight excluding hydrogens is 664 g/mol. The highest BCUT2D eigenvalue weighted by Gasteiger charge is 2.25. The van der Waals surface area contributed by atoms with Gasteiger partial charge in [-0.15, -0.1) is 0 Å². The van der Waals surface area contributed by atoms with E-state index in [0.29, 0.717) is 22.6 Å². The Bertz CT molecular complexity index is 1900. The molecule has 12 heteroatoms. The average Bonchev–Trinajstić information content (AvgIpc) is 3.76. The van der Waals surface area contributed by atoms with Crippen LogP contribution >= 0.6 is 0 Å². The molecule has 12 nitrogen and oxygen atoms in total. The van der Waals surface area contributed by atoms with Crippen molar-refractivity contribution < 1.29 is 39.5 Å². The average molecular weight is 707 g/mol. The minimum Gasteiger partial charge on any atom is -0.496 e. The molecule has 52 heavy (non-hydrogen) atoms.